The molecule has 1 aromatic rings. The summed E-state index contributed by atoms with van der Waals surface area (Å²) < 4.78 is 16.1. The number of aromatic nitrogens is 2. The highest BCUT2D eigenvalue weighted by Crippen LogP contribution is 2.08. The minimum Gasteiger partial charge on any atom is -0.379 e. The van der Waals surface area contributed by atoms with E-state index in [0.29, 0.717) is 24.7 Å². The van der Waals surface area contributed by atoms with Crippen molar-refractivity contribution in [2.24, 2.45) is 4.99 Å². The fourth-order valence-electron chi connectivity index (χ4n) is 2.22. The zero-order valence-corrected chi connectivity index (χ0v) is 14.0. The Hall–Kier alpha value is -1.67. The Balaban J connectivity index is 1.60. The molecule has 1 aromatic heterocycles. The summed E-state index contributed by atoms with van der Waals surface area (Å²) in [7, 11) is 0. The minimum absolute atomic E-state index is 0.267. The van der Waals surface area contributed by atoms with Crippen LogP contribution in [-0.2, 0) is 15.9 Å². The molecule has 8 nitrogen and oxygen atoms in total. The molecule has 130 valence electrons. The van der Waals surface area contributed by atoms with Crippen LogP contribution in [0.2, 0.25) is 0 Å². The molecule has 0 aliphatic carbocycles. The molecule has 1 saturated heterocycles. The van der Waals surface area contributed by atoms with Gasteiger partial charge in [0.05, 0.1) is 12.7 Å². The van der Waals surface area contributed by atoms with Crippen LogP contribution in [0.25, 0.3) is 0 Å². The van der Waals surface area contributed by atoms with E-state index < -0.39 is 0 Å². The Kier molecular flexibility index (Phi) is 7.82. The second kappa shape index (κ2) is 10.2. The number of aryl methyl sites for hydroxylation is 1. The van der Waals surface area contributed by atoms with E-state index in [4.69, 9.17) is 14.0 Å². The maximum atomic E-state index is 5.72. The summed E-state index contributed by atoms with van der Waals surface area (Å²) >= 11 is 0. The smallest absolute Gasteiger partial charge is 0.228 e. The molecule has 0 amide bonds. The third kappa shape index (κ3) is 6.96. The highest BCUT2D eigenvalue weighted by molar-refractivity contribution is 5.79. The van der Waals surface area contributed by atoms with Crippen LogP contribution in [0.3, 0.4) is 0 Å². The van der Waals surface area contributed by atoms with Crippen molar-refractivity contribution in [3.8, 4) is 0 Å². The molecule has 1 unspecified atom stereocenters. The van der Waals surface area contributed by atoms with Crippen LogP contribution in [0.15, 0.2) is 9.52 Å². The van der Waals surface area contributed by atoms with E-state index in [1.165, 1.54) is 0 Å². The SMILES string of the molecule is CCNC(=NCCCOC1CCOC1)NCCc1nc(C)no1. The quantitative estimate of drug-likeness (QED) is 0.391. The summed E-state index contributed by atoms with van der Waals surface area (Å²) in [6.45, 7) is 8.36. The van der Waals surface area contributed by atoms with Gasteiger partial charge in [0.25, 0.3) is 0 Å². The van der Waals surface area contributed by atoms with Crippen molar-refractivity contribution in [2.75, 3.05) is 39.5 Å². The number of rotatable bonds is 9. The normalized spacial score (nSPS) is 18.3. The maximum absolute atomic E-state index is 5.72. The molecule has 0 aromatic carbocycles. The number of hydrogen-bond donors (Lipinski definition) is 2. The molecule has 8 heteroatoms. The van der Waals surface area contributed by atoms with Gasteiger partial charge in [0.15, 0.2) is 11.8 Å². The lowest BCUT2D eigenvalue weighted by molar-refractivity contribution is 0.0424. The Morgan fingerprint density at radius 2 is 2.35 bits per heavy atom. The summed E-state index contributed by atoms with van der Waals surface area (Å²) in [5, 5.41) is 10.2. The van der Waals surface area contributed by atoms with Crippen molar-refractivity contribution in [3.63, 3.8) is 0 Å². The van der Waals surface area contributed by atoms with Crippen LogP contribution < -0.4 is 10.6 Å². The fourth-order valence-corrected chi connectivity index (χ4v) is 2.22. The van der Waals surface area contributed by atoms with Gasteiger partial charge in [-0.3, -0.25) is 4.99 Å². The second-order valence-electron chi connectivity index (χ2n) is 5.38. The molecule has 1 aliphatic rings. The first kappa shape index (κ1) is 17.7. The van der Waals surface area contributed by atoms with Gasteiger partial charge in [-0.25, -0.2) is 0 Å². The van der Waals surface area contributed by atoms with E-state index >= 15 is 0 Å². The molecule has 0 bridgehead atoms. The lowest BCUT2D eigenvalue weighted by atomic mass is 10.3. The number of nitrogens with one attached hydrogen (secondary N) is 2. The first-order valence-electron chi connectivity index (χ1n) is 8.28. The Morgan fingerprint density at radius 3 is 3.04 bits per heavy atom. The van der Waals surface area contributed by atoms with Crippen molar-refractivity contribution in [1.29, 1.82) is 0 Å². The fraction of sp³-hybridized carbons (Fsp3) is 0.800. The second-order valence-corrected chi connectivity index (χ2v) is 5.38. The molecule has 1 atom stereocenters. The monoisotopic (exact) mass is 325 g/mol. The standard InChI is InChI=1S/C15H27N5O3/c1-3-16-15(18-8-5-14-19-12(2)20-23-14)17-7-4-9-22-13-6-10-21-11-13/h13H,3-11H2,1-2H3,(H2,16,17,18). The van der Waals surface area contributed by atoms with Crippen LogP contribution in [0.1, 0.15) is 31.5 Å². The molecular formula is C15H27N5O3. The lowest BCUT2D eigenvalue weighted by Gasteiger charge is -2.11. The minimum atomic E-state index is 0.267. The summed E-state index contributed by atoms with van der Waals surface area (Å²) in [6.07, 6.45) is 2.84. The molecule has 23 heavy (non-hydrogen) atoms. The predicted molar refractivity (Wildman–Crippen MR) is 86.5 cm³/mol. The van der Waals surface area contributed by atoms with E-state index in [2.05, 4.69) is 25.8 Å². The molecule has 0 radical (unpaired) electrons. The molecule has 2 rings (SSSR count). The first-order valence-corrected chi connectivity index (χ1v) is 8.28. The van der Waals surface area contributed by atoms with Crippen molar-refractivity contribution in [1.82, 2.24) is 20.8 Å². The summed E-state index contributed by atoms with van der Waals surface area (Å²) in [5.41, 5.74) is 0. The van der Waals surface area contributed by atoms with Gasteiger partial charge in [-0.1, -0.05) is 5.16 Å². The highest BCUT2D eigenvalue weighted by Gasteiger charge is 2.15. The van der Waals surface area contributed by atoms with E-state index in [-0.39, 0.29) is 6.10 Å². The maximum Gasteiger partial charge on any atom is 0.228 e. The van der Waals surface area contributed by atoms with Gasteiger partial charge in [-0.15, -0.1) is 0 Å². The number of aliphatic imine (C=N–C) groups is 1. The summed E-state index contributed by atoms with van der Waals surface area (Å²) in [4.78, 5) is 8.70. The summed E-state index contributed by atoms with van der Waals surface area (Å²) in [6, 6.07) is 0. The van der Waals surface area contributed by atoms with E-state index in [0.717, 1.165) is 51.7 Å². The zero-order chi connectivity index (χ0) is 16.3. The lowest BCUT2D eigenvalue weighted by Crippen LogP contribution is -2.38. The van der Waals surface area contributed by atoms with Gasteiger partial charge in [0.1, 0.15) is 0 Å². The van der Waals surface area contributed by atoms with Crippen molar-refractivity contribution in [2.45, 2.75) is 39.2 Å². The zero-order valence-electron chi connectivity index (χ0n) is 14.0. The topological polar surface area (TPSA) is 93.8 Å². The van der Waals surface area contributed by atoms with E-state index in [1.54, 1.807) is 0 Å². The van der Waals surface area contributed by atoms with Crippen molar-refractivity contribution < 1.29 is 14.0 Å². The van der Waals surface area contributed by atoms with Crippen LogP contribution >= 0.6 is 0 Å². The third-order valence-electron chi connectivity index (χ3n) is 3.36. The molecule has 0 spiro atoms. The van der Waals surface area contributed by atoms with Gasteiger partial charge in [-0.2, -0.15) is 4.98 Å². The van der Waals surface area contributed by atoms with Crippen LogP contribution in [0, 0.1) is 6.92 Å². The number of ether oxygens (including phenoxy) is 2. The highest BCUT2D eigenvalue weighted by atomic mass is 16.5. The van der Waals surface area contributed by atoms with Crippen molar-refractivity contribution in [3.05, 3.63) is 11.7 Å². The molecule has 2 N–H and O–H groups in total. The number of hydrogen-bond acceptors (Lipinski definition) is 6. The average Bonchev–Trinajstić information content (AvgIpc) is 3.19. The molecule has 1 aliphatic heterocycles. The summed E-state index contributed by atoms with van der Waals surface area (Å²) in [5.74, 6) is 2.10. The average molecular weight is 325 g/mol. The van der Waals surface area contributed by atoms with Gasteiger partial charge >= 0.3 is 0 Å². The Bertz CT molecular complexity index is 471. The van der Waals surface area contributed by atoms with E-state index in [1.807, 2.05) is 13.8 Å². The number of guanidine groups is 1. The van der Waals surface area contributed by atoms with Gasteiger partial charge in [0, 0.05) is 39.3 Å². The molecule has 1 fully saturated rings. The van der Waals surface area contributed by atoms with Crippen molar-refractivity contribution >= 4 is 5.96 Å². The Morgan fingerprint density at radius 1 is 1.43 bits per heavy atom. The van der Waals surface area contributed by atoms with Crippen LogP contribution in [0.5, 0.6) is 0 Å². The molecular weight excluding hydrogens is 298 g/mol. The van der Waals surface area contributed by atoms with Gasteiger partial charge < -0.3 is 24.6 Å². The first-order chi connectivity index (χ1) is 11.3. The van der Waals surface area contributed by atoms with Gasteiger partial charge in [0.2, 0.25) is 5.89 Å². The number of nitrogens with zero attached hydrogens (tertiary/aromatic N) is 3. The van der Waals surface area contributed by atoms with Gasteiger partial charge in [-0.05, 0) is 26.7 Å². The van der Waals surface area contributed by atoms with Crippen LogP contribution in [0.4, 0.5) is 0 Å². The molecule has 0 saturated carbocycles. The van der Waals surface area contributed by atoms with Crippen LogP contribution in [-0.4, -0.2) is 61.7 Å². The Labute approximate surface area is 137 Å². The van der Waals surface area contributed by atoms with E-state index in [9.17, 15) is 0 Å². The predicted octanol–water partition coefficient (Wildman–Crippen LogP) is 0.671. The molecule has 2 heterocycles. The largest absolute Gasteiger partial charge is 0.379 e. The third-order valence-corrected chi connectivity index (χ3v) is 3.36.